The second kappa shape index (κ2) is 7.42. The molecule has 0 bridgehead atoms. The summed E-state index contributed by atoms with van der Waals surface area (Å²) in [6.07, 6.45) is 1.55. The number of methoxy groups -OCH3 is 1. The summed E-state index contributed by atoms with van der Waals surface area (Å²) in [5.41, 5.74) is -0.0269. The van der Waals surface area contributed by atoms with E-state index in [1.807, 2.05) is 0 Å². The molecule has 0 radical (unpaired) electrons. The van der Waals surface area contributed by atoms with Crippen molar-refractivity contribution in [1.82, 2.24) is 4.90 Å². The Morgan fingerprint density at radius 3 is 2.17 bits per heavy atom. The number of hydrogen-bond acceptors (Lipinski definition) is 5. The third-order valence-electron chi connectivity index (χ3n) is 3.82. The van der Waals surface area contributed by atoms with Crippen LogP contribution in [0.3, 0.4) is 0 Å². The highest BCUT2D eigenvalue weighted by atomic mass is 32.2. The van der Waals surface area contributed by atoms with Crippen molar-refractivity contribution in [3.63, 3.8) is 0 Å². The maximum atomic E-state index is 12.0. The predicted molar refractivity (Wildman–Crippen MR) is 87.7 cm³/mol. The van der Waals surface area contributed by atoms with Gasteiger partial charge in [-0.3, -0.25) is 4.79 Å². The highest BCUT2D eigenvalue weighted by Gasteiger charge is 2.34. The number of hydrogen-bond donors (Lipinski definition) is 1. The minimum absolute atomic E-state index is 0.205. The number of aliphatic hydroxyl groups is 1. The van der Waals surface area contributed by atoms with Gasteiger partial charge >= 0.3 is 0 Å². The maximum absolute atomic E-state index is 12.0. The van der Waals surface area contributed by atoms with Gasteiger partial charge in [-0.1, -0.05) is 12.1 Å². The lowest BCUT2D eigenvalue weighted by molar-refractivity contribution is -0.167. The fourth-order valence-electron chi connectivity index (χ4n) is 2.56. The highest BCUT2D eigenvalue weighted by Crippen LogP contribution is 2.22. The zero-order valence-electron chi connectivity index (χ0n) is 14.2. The topological polar surface area (TPSA) is 83.9 Å². The third kappa shape index (κ3) is 5.02. The molecule has 1 rings (SSSR count). The van der Waals surface area contributed by atoms with E-state index in [9.17, 15) is 18.3 Å². The average Bonchev–Trinajstić information content (AvgIpc) is 2.45. The molecule has 1 aromatic rings. The van der Waals surface area contributed by atoms with Crippen LogP contribution in [0.15, 0.2) is 29.2 Å². The number of nitrogens with zero attached hydrogens (tertiary/aromatic N) is 1. The fraction of sp³-hybridized carbons (Fsp3) is 0.562. The van der Waals surface area contributed by atoms with Gasteiger partial charge in [0.05, 0.1) is 17.5 Å². The van der Waals surface area contributed by atoms with Crippen molar-refractivity contribution < 1.29 is 23.1 Å². The van der Waals surface area contributed by atoms with Crippen LogP contribution in [0.2, 0.25) is 0 Å². The largest absolute Gasteiger partial charge is 0.394 e. The number of carbonyl (C=O) groups excluding carboxylic acids is 1. The molecule has 0 unspecified atom stereocenters. The zero-order chi connectivity index (χ0) is 17.8. The predicted octanol–water partition coefficient (Wildman–Crippen LogP) is 1.22. The van der Waals surface area contributed by atoms with E-state index in [0.29, 0.717) is 6.42 Å². The van der Waals surface area contributed by atoms with Crippen molar-refractivity contribution in [1.29, 1.82) is 0 Å². The number of aliphatic hydroxyl groups excluding tert-OH is 1. The molecule has 7 heteroatoms. The summed E-state index contributed by atoms with van der Waals surface area (Å²) in [4.78, 5) is 13.7. The van der Waals surface area contributed by atoms with Crippen molar-refractivity contribution in [3.8, 4) is 0 Å². The van der Waals surface area contributed by atoms with Gasteiger partial charge in [0.1, 0.15) is 5.72 Å². The summed E-state index contributed by atoms with van der Waals surface area (Å²) in [5.74, 6) is -0.205. The van der Waals surface area contributed by atoms with Gasteiger partial charge in [0.15, 0.2) is 9.84 Å². The Balaban J connectivity index is 3.05. The molecule has 0 aliphatic carbocycles. The number of ether oxygens (including phenoxy) is 1. The second-order valence-corrected chi connectivity index (χ2v) is 8.01. The number of benzene rings is 1. The molecule has 1 amide bonds. The first-order chi connectivity index (χ1) is 10.5. The molecule has 0 aromatic heterocycles. The van der Waals surface area contributed by atoms with Crippen LogP contribution < -0.4 is 0 Å². The Kier molecular flexibility index (Phi) is 6.33. The van der Waals surface area contributed by atoms with Crippen molar-refractivity contribution >= 4 is 15.7 Å². The van der Waals surface area contributed by atoms with E-state index in [1.165, 1.54) is 31.1 Å². The zero-order valence-corrected chi connectivity index (χ0v) is 15.1. The van der Waals surface area contributed by atoms with E-state index >= 15 is 0 Å². The summed E-state index contributed by atoms with van der Waals surface area (Å²) in [6.45, 7) is 4.71. The van der Waals surface area contributed by atoms with Crippen LogP contribution in [0.1, 0.15) is 26.3 Å². The number of carbonyl (C=O) groups is 1. The van der Waals surface area contributed by atoms with Gasteiger partial charge in [-0.25, -0.2) is 8.42 Å². The maximum Gasteiger partial charge on any atom is 0.222 e. The Hall–Kier alpha value is -1.44. The molecule has 0 saturated heterocycles. The number of rotatable bonds is 7. The van der Waals surface area contributed by atoms with Gasteiger partial charge in [-0.05, 0) is 38.0 Å². The Bertz CT molecular complexity index is 637. The Labute approximate surface area is 138 Å². The van der Waals surface area contributed by atoms with E-state index in [0.717, 1.165) is 11.8 Å². The van der Waals surface area contributed by atoms with Gasteiger partial charge in [-0.2, -0.15) is 0 Å². The van der Waals surface area contributed by atoms with Crippen LogP contribution in [0.5, 0.6) is 0 Å². The van der Waals surface area contributed by atoms with E-state index in [2.05, 4.69) is 0 Å². The molecule has 0 spiro atoms. The van der Waals surface area contributed by atoms with Crippen molar-refractivity contribution in [2.24, 2.45) is 0 Å². The van der Waals surface area contributed by atoms with E-state index in [1.54, 1.807) is 26.0 Å². The van der Waals surface area contributed by atoms with Crippen LogP contribution in [-0.2, 0) is 25.8 Å². The van der Waals surface area contributed by atoms with Gasteiger partial charge in [-0.15, -0.1) is 0 Å². The molecule has 23 heavy (non-hydrogen) atoms. The first-order valence-electron chi connectivity index (χ1n) is 7.28. The SMILES string of the molecule is COC(C)(C)N(C(C)=O)[C@H](CO)Cc1ccc(S(C)(=O)=O)cc1. The van der Waals surface area contributed by atoms with Crippen molar-refractivity contribution in [3.05, 3.63) is 29.8 Å². The lowest BCUT2D eigenvalue weighted by Crippen LogP contribution is -2.55. The fourth-order valence-corrected chi connectivity index (χ4v) is 3.19. The van der Waals surface area contributed by atoms with Crippen LogP contribution in [0, 0.1) is 0 Å². The number of sulfone groups is 1. The van der Waals surface area contributed by atoms with Crippen molar-refractivity contribution in [2.45, 2.75) is 43.9 Å². The molecule has 1 N–H and O–H groups in total. The molecular weight excluding hydrogens is 318 g/mol. The van der Waals surface area contributed by atoms with Crippen LogP contribution in [0.25, 0.3) is 0 Å². The standard InChI is InChI=1S/C16H25NO5S/c1-12(19)17(16(2,3)22-4)14(11-18)10-13-6-8-15(9-7-13)23(5,20)21/h6-9,14,18H,10-11H2,1-5H3/t14-/m0/s1. The van der Waals surface area contributed by atoms with Crippen molar-refractivity contribution in [2.75, 3.05) is 20.0 Å². The molecular formula is C16H25NO5S. The summed E-state index contributed by atoms with van der Waals surface area (Å²) in [5, 5.41) is 9.70. The molecule has 6 nitrogen and oxygen atoms in total. The van der Waals surface area contributed by atoms with Gasteiger partial charge in [0.25, 0.3) is 0 Å². The Morgan fingerprint density at radius 1 is 1.30 bits per heavy atom. The van der Waals surface area contributed by atoms with E-state index in [4.69, 9.17) is 4.74 Å². The summed E-state index contributed by atoms with van der Waals surface area (Å²) < 4.78 is 28.3. The molecule has 1 aromatic carbocycles. The summed E-state index contributed by atoms with van der Waals surface area (Å²) in [6, 6.07) is 5.97. The molecule has 130 valence electrons. The summed E-state index contributed by atoms with van der Waals surface area (Å²) in [7, 11) is -1.74. The summed E-state index contributed by atoms with van der Waals surface area (Å²) >= 11 is 0. The average molecular weight is 343 g/mol. The minimum atomic E-state index is -3.24. The third-order valence-corrected chi connectivity index (χ3v) is 4.95. The molecule has 0 saturated carbocycles. The van der Waals surface area contributed by atoms with Gasteiger partial charge in [0, 0.05) is 20.3 Å². The molecule has 0 aliphatic heterocycles. The molecule has 1 atom stereocenters. The monoisotopic (exact) mass is 343 g/mol. The first-order valence-corrected chi connectivity index (χ1v) is 9.17. The van der Waals surface area contributed by atoms with Crippen LogP contribution in [-0.4, -0.2) is 56.1 Å². The second-order valence-electron chi connectivity index (χ2n) is 6.00. The van der Waals surface area contributed by atoms with Crippen LogP contribution in [0.4, 0.5) is 0 Å². The van der Waals surface area contributed by atoms with E-state index < -0.39 is 21.6 Å². The normalized spacial score (nSPS) is 13.7. The smallest absolute Gasteiger partial charge is 0.222 e. The molecule has 0 heterocycles. The van der Waals surface area contributed by atoms with Crippen LogP contribution >= 0.6 is 0 Å². The van der Waals surface area contributed by atoms with Gasteiger partial charge < -0.3 is 14.7 Å². The number of amides is 1. The molecule has 0 fully saturated rings. The lowest BCUT2D eigenvalue weighted by atomic mass is 10.0. The first kappa shape index (κ1) is 19.6. The Morgan fingerprint density at radius 2 is 1.83 bits per heavy atom. The highest BCUT2D eigenvalue weighted by molar-refractivity contribution is 7.90. The quantitative estimate of drug-likeness (QED) is 0.753. The minimum Gasteiger partial charge on any atom is -0.394 e. The molecule has 0 aliphatic rings. The lowest BCUT2D eigenvalue weighted by Gasteiger charge is -2.41. The van der Waals surface area contributed by atoms with E-state index in [-0.39, 0.29) is 17.4 Å². The van der Waals surface area contributed by atoms with Gasteiger partial charge in [0.2, 0.25) is 5.91 Å².